The zero-order chi connectivity index (χ0) is 39.5. The molecule has 3 aliphatic carbocycles. The summed E-state index contributed by atoms with van der Waals surface area (Å²) in [4.78, 5) is 30.6. The number of hydrogen-bond donors (Lipinski definition) is 3. The molecule has 0 radical (unpaired) electrons. The van der Waals surface area contributed by atoms with Gasteiger partial charge in [0.1, 0.15) is 0 Å². The first-order valence-corrected chi connectivity index (χ1v) is 20.4. The zero-order valence-electron chi connectivity index (χ0n) is 33.3. The van der Waals surface area contributed by atoms with E-state index in [2.05, 4.69) is 73.8 Å². The van der Waals surface area contributed by atoms with Crippen LogP contribution in [0.25, 0.3) is 21.9 Å². The van der Waals surface area contributed by atoms with E-state index in [4.69, 9.17) is 0 Å². The zero-order valence-corrected chi connectivity index (χ0v) is 33.3. The Kier molecular flexibility index (Phi) is 11.6. The van der Waals surface area contributed by atoms with Gasteiger partial charge in [0.15, 0.2) is 5.78 Å². The van der Waals surface area contributed by atoms with Gasteiger partial charge in [-0.05, 0) is 116 Å². The van der Waals surface area contributed by atoms with E-state index in [1.54, 1.807) is 4.90 Å². The van der Waals surface area contributed by atoms with E-state index in [-0.39, 0.29) is 30.3 Å². The Balaban J connectivity index is 1.29. The van der Waals surface area contributed by atoms with Crippen molar-refractivity contribution in [3.63, 3.8) is 0 Å². The normalized spacial score (nSPS) is 22.7. The first-order chi connectivity index (χ1) is 26.9. The van der Waals surface area contributed by atoms with Crippen molar-refractivity contribution in [2.45, 2.75) is 103 Å². The van der Waals surface area contributed by atoms with Crippen molar-refractivity contribution in [2.24, 2.45) is 5.41 Å². The summed E-state index contributed by atoms with van der Waals surface area (Å²) < 4.78 is 0. The van der Waals surface area contributed by atoms with Crippen molar-refractivity contribution in [1.82, 2.24) is 10.2 Å². The molecule has 4 unspecified atom stereocenters. The van der Waals surface area contributed by atoms with E-state index in [0.29, 0.717) is 49.8 Å². The average Bonchev–Trinajstić information content (AvgIpc) is 3.45. The Bertz CT molecular complexity index is 2200. The third-order valence-electron chi connectivity index (χ3n) is 12.6. The smallest absolute Gasteiger partial charge is 0.317 e. The molecule has 3 aliphatic rings. The van der Waals surface area contributed by atoms with Gasteiger partial charge in [-0.3, -0.25) is 4.79 Å². The Morgan fingerprint density at radius 1 is 0.857 bits per heavy atom. The number of carbonyl (C=O) groups excluding carboxylic acids is 2. The van der Waals surface area contributed by atoms with Crippen LogP contribution in [-0.2, 0) is 13.0 Å². The van der Waals surface area contributed by atoms with E-state index < -0.39 is 17.1 Å². The number of benzene rings is 5. The quantitative estimate of drug-likeness (QED) is 0.109. The van der Waals surface area contributed by atoms with Gasteiger partial charge in [-0.2, -0.15) is 0 Å². The molecule has 290 valence electrons. The maximum atomic E-state index is 14.7. The Hall–Kier alpha value is -5.04. The molecule has 0 aromatic heterocycles. The summed E-state index contributed by atoms with van der Waals surface area (Å²) in [7, 11) is 0. The molecule has 0 spiro atoms. The standard InChI is InChI=1S/C50H56N2O4/c1-34(2)51-48(55)52(32-41-17-10-16-39-15-8-9-18-43(39)41)33-50(56)29-27-46-44-26-20-36(30-42(53)25-19-35(3)12-11-28-49(46,50)4)31-45(44)47(54)40-23-21-38(22-24-40)37-13-6-5-7-14-37/h5-10,12-18,20-24,26,31,34,42,46,53,56H,11,19,25,27-30,32-33H2,1-4H3,(H,51,55). The molecule has 3 N–H and O–H groups in total. The van der Waals surface area contributed by atoms with E-state index in [0.717, 1.165) is 51.4 Å². The molecule has 6 heteroatoms. The van der Waals surface area contributed by atoms with E-state index in [1.165, 1.54) is 5.57 Å². The van der Waals surface area contributed by atoms with Gasteiger partial charge in [0, 0.05) is 29.1 Å². The molecule has 2 bridgehead atoms. The van der Waals surface area contributed by atoms with Crippen LogP contribution >= 0.6 is 0 Å². The fourth-order valence-electron chi connectivity index (χ4n) is 9.29. The second kappa shape index (κ2) is 16.6. The maximum absolute atomic E-state index is 14.7. The summed E-state index contributed by atoms with van der Waals surface area (Å²) in [6.45, 7) is 8.71. The molecule has 6 nitrogen and oxygen atoms in total. The van der Waals surface area contributed by atoms with Crippen molar-refractivity contribution in [3.05, 3.63) is 155 Å². The molecule has 0 saturated heterocycles. The second-order valence-corrected chi connectivity index (χ2v) is 16.8. The lowest BCUT2D eigenvalue weighted by molar-refractivity contribution is -0.0780. The fraction of sp³-hybridized carbons (Fsp3) is 0.360. The molecule has 5 aromatic carbocycles. The van der Waals surface area contributed by atoms with Crippen LogP contribution in [0.5, 0.6) is 0 Å². The lowest BCUT2D eigenvalue weighted by Crippen LogP contribution is -2.55. The number of hydrogen-bond acceptors (Lipinski definition) is 4. The number of fused-ring (bicyclic) bond motifs is 9. The summed E-state index contributed by atoms with van der Waals surface area (Å²) in [5.74, 6) is -0.219. The highest BCUT2D eigenvalue weighted by Gasteiger charge is 2.57. The van der Waals surface area contributed by atoms with Gasteiger partial charge in [0.05, 0.1) is 18.2 Å². The number of nitrogens with zero attached hydrogens (tertiary/aromatic N) is 1. The van der Waals surface area contributed by atoms with Crippen LogP contribution < -0.4 is 5.32 Å². The summed E-state index contributed by atoms with van der Waals surface area (Å²) in [5.41, 5.74) is 5.51. The van der Waals surface area contributed by atoms with Crippen LogP contribution in [0.2, 0.25) is 0 Å². The summed E-state index contributed by atoms with van der Waals surface area (Å²) in [6, 6.07) is 38.2. The second-order valence-electron chi connectivity index (χ2n) is 16.8. The molecular weight excluding hydrogens is 693 g/mol. The predicted molar refractivity (Wildman–Crippen MR) is 227 cm³/mol. The van der Waals surface area contributed by atoms with Crippen molar-refractivity contribution in [3.8, 4) is 11.1 Å². The molecule has 8 rings (SSSR count). The van der Waals surface area contributed by atoms with Gasteiger partial charge < -0.3 is 20.4 Å². The van der Waals surface area contributed by atoms with Crippen LogP contribution in [0.1, 0.15) is 105 Å². The Labute approximate surface area is 332 Å². The number of allylic oxidation sites excluding steroid dienone is 2. The number of carbonyl (C=O) groups is 2. The van der Waals surface area contributed by atoms with E-state index >= 15 is 0 Å². The van der Waals surface area contributed by atoms with E-state index in [1.807, 2.05) is 80.6 Å². The van der Waals surface area contributed by atoms with Crippen LogP contribution in [0.4, 0.5) is 4.79 Å². The molecule has 0 aliphatic heterocycles. The molecule has 1 fully saturated rings. The minimum atomic E-state index is -1.25. The molecular formula is C50H56N2O4. The molecule has 5 aromatic rings. The molecule has 1 saturated carbocycles. The van der Waals surface area contributed by atoms with Crippen LogP contribution in [-0.4, -0.2) is 51.2 Å². The topological polar surface area (TPSA) is 89.9 Å². The average molecular weight is 749 g/mol. The van der Waals surface area contributed by atoms with Gasteiger partial charge in [-0.1, -0.05) is 128 Å². The Morgan fingerprint density at radius 2 is 1.57 bits per heavy atom. The largest absolute Gasteiger partial charge is 0.393 e. The number of amides is 2. The number of ketones is 1. The van der Waals surface area contributed by atoms with Crippen molar-refractivity contribution >= 4 is 22.6 Å². The van der Waals surface area contributed by atoms with Crippen molar-refractivity contribution in [1.29, 1.82) is 0 Å². The van der Waals surface area contributed by atoms with E-state index in [9.17, 15) is 19.8 Å². The Morgan fingerprint density at radius 3 is 2.34 bits per heavy atom. The summed E-state index contributed by atoms with van der Waals surface area (Å²) in [6.07, 6.45) is 6.15. The number of aliphatic hydroxyl groups excluding tert-OH is 1. The molecule has 56 heavy (non-hydrogen) atoms. The molecule has 0 heterocycles. The fourth-order valence-corrected chi connectivity index (χ4v) is 9.29. The van der Waals surface area contributed by atoms with Gasteiger partial charge in [-0.15, -0.1) is 0 Å². The van der Waals surface area contributed by atoms with Crippen LogP contribution in [0.3, 0.4) is 0 Å². The van der Waals surface area contributed by atoms with Crippen molar-refractivity contribution < 1.29 is 19.8 Å². The van der Waals surface area contributed by atoms with Crippen LogP contribution in [0, 0.1) is 5.41 Å². The summed E-state index contributed by atoms with van der Waals surface area (Å²) in [5, 5.41) is 29.6. The number of rotatable bonds is 8. The third-order valence-corrected chi connectivity index (χ3v) is 12.6. The monoisotopic (exact) mass is 748 g/mol. The highest BCUT2D eigenvalue weighted by atomic mass is 16.3. The maximum Gasteiger partial charge on any atom is 0.317 e. The van der Waals surface area contributed by atoms with Gasteiger partial charge in [0.2, 0.25) is 0 Å². The van der Waals surface area contributed by atoms with Crippen LogP contribution in [0.15, 0.2) is 127 Å². The first-order valence-electron chi connectivity index (χ1n) is 20.4. The highest BCUT2D eigenvalue weighted by Crippen LogP contribution is 2.59. The minimum Gasteiger partial charge on any atom is -0.393 e. The number of nitrogens with one attached hydrogen (secondary N) is 1. The summed E-state index contributed by atoms with van der Waals surface area (Å²) >= 11 is 0. The number of urea groups is 1. The lowest BCUT2D eigenvalue weighted by atomic mass is 9.64. The lowest BCUT2D eigenvalue weighted by Gasteiger charge is -2.46. The number of aliphatic hydroxyl groups is 2. The highest BCUT2D eigenvalue weighted by molar-refractivity contribution is 6.10. The van der Waals surface area contributed by atoms with Gasteiger partial charge in [-0.25, -0.2) is 4.79 Å². The predicted octanol–water partition coefficient (Wildman–Crippen LogP) is 10.4. The SMILES string of the molecule is CC1=CCCC2(C)C(CCC2(O)CN(Cc2cccc3ccccc23)C(=O)NC(C)C)c2ccc(cc2C(=O)c2ccc(-c3ccccc3)cc2)CC(O)CC1. The molecule has 2 amide bonds. The molecule has 4 atom stereocenters. The van der Waals surface area contributed by atoms with Gasteiger partial charge in [0.25, 0.3) is 0 Å². The van der Waals surface area contributed by atoms with Gasteiger partial charge >= 0.3 is 6.03 Å². The minimum absolute atomic E-state index is 0.0644. The third kappa shape index (κ3) is 8.23. The van der Waals surface area contributed by atoms with Crippen molar-refractivity contribution in [2.75, 3.05) is 6.54 Å². The first kappa shape index (κ1) is 39.2.